The van der Waals surface area contributed by atoms with Crippen molar-refractivity contribution in [1.29, 1.82) is 0 Å². The molecule has 0 aliphatic carbocycles. The van der Waals surface area contributed by atoms with Crippen molar-refractivity contribution in [2.75, 3.05) is 0 Å². The molecule has 2 N–H and O–H groups in total. The van der Waals surface area contributed by atoms with E-state index in [2.05, 4.69) is 0 Å². The lowest BCUT2D eigenvalue weighted by atomic mass is 9.79. The van der Waals surface area contributed by atoms with E-state index in [1.54, 1.807) is 0 Å². The quantitative estimate of drug-likeness (QED) is 0.842. The van der Waals surface area contributed by atoms with Crippen molar-refractivity contribution in [2.45, 2.75) is 45.1 Å². The lowest BCUT2D eigenvalue weighted by Gasteiger charge is -2.36. The van der Waals surface area contributed by atoms with Crippen molar-refractivity contribution in [3.63, 3.8) is 0 Å². The number of hydrogen-bond acceptors (Lipinski definition) is 3. The highest BCUT2D eigenvalue weighted by molar-refractivity contribution is 6.74. The number of hydrogen-bond donors (Lipinski definition) is 2. The van der Waals surface area contributed by atoms with Crippen molar-refractivity contribution < 1.29 is 27.6 Å². The molecule has 118 valence electrons. The van der Waals surface area contributed by atoms with Gasteiger partial charge in [0.05, 0.1) is 5.56 Å². The standard InChI is InChI=1S/C13H20BF3O3Si/c1-12(2,3)21(4,5)20-11-7-9(13(15,16)17)6-10(8-11)14(18)19/h6-8,18-19H,1-5H3. The van der Waals surface area contributed by atoms with Gasteiger partial charge in [-0.15, -0.1) is 0 Å². The molecule has 0 heterocycles. The summed E-state index contributed by atoms with van der Waals surface area (Å²) in [6.45, 7) is 9.71. The van der Waals surface area contributed by atoms with Crippen molar-refractivity contribution in [2.24, 2.45) is 0 Å². The first kappa shape index (κ1) is 18.1. The fourth-order valence-corrected chi connectivity index (χ4v) is 2.45. The van der Waals surface area contributed by atoms with Gasteiger partial charge in [-0.3, -0.25) is 0 Å². The maximum absolute atomic E-state index is 12.9. The third-order valence-electron chi connectivity index (χ3n) is 3.73. The smallest absolute Gasteiger partial charge is 0.488 e. The van der Waals surface area contributed by atoms with Crippen LogP contribution < -0.4 is 9.89 Å². The molecule has 0 fully saturated rings. The van der Waals surface area contributed by atoms with Crippen LogP contribution in [-0.4, -0.2) is 25.5 Å². The molecule has 0 amide bonds. The maximum atomic E-state index is 12.9. The molecule has 21 heavy (non-hydrogen) atoms. The van der Waals surface area contributed by atoms with Crippen LogP contribution in [0.4, 0.5) is 13.2 Å². The monoisotopic (exact) mass is 320 g/mol. The Kier molecular flexibility index (Phi) is 4.87. The van der Waals surface area contributed by atoms with Gasteiger partial charge in [0.15, 0.2) is 0 Å². The summed E-state index contributed by atoms with van der Waals surface area (Å²) in [5.41, 5.74) is -1.19. The van der Waals surface area contributed by atoms with E-state index in [4.69, 9.17) is 14.5 Å². The first-order valence-corrected chi connectivity index (χ1v) is 9.42. The average molecular weight is 320 g/mol. The zero-order valence-corrected chi connectivity index (χ0v) is 13.7. The molecule has 0 saturated heterocycles. The van der Waals surface area contributed by atoms with Crippen LogP contribution in [-0.2, 0) is 6.18 Å². The molecule has 0 aromatic heterocycles. The van der Waals surface area contributed by atoms with E-state index in [-0.39, 0.29) is 16.3 Å². The summed E-state index contributed by atoms with van der Waals surface area (Å²) < 4.78 is 44.4. The molecule has 0 bridgehead atoms. The summed E-state index contributed by atoms with van der Waals surface area (Å²) in [6.07, 6.45) is -4.57. The molecule has 0 saturated carbocycles. The molecule has 1 rings (SSSR count). The molecule has 1 aromatic rings. The second-order valence-corrected chi connectivity index (χ2v) is 11.2. The Morgan fingerprint density at radius 1 is 1.05 bits per heavy atom. The van der Waals surface area contributed by atoms with Crippen LogP contribution in [0.3, 0.4) is 0 Å². The Labute approximate surface area is 124 Å². The van der Waals surface area contributed by atoms with Crippen LogP contribution in [0.1, 0.15) is 26.3 Å². The second kappa shape index (κ2) is 5.66. The number of benzene rings is 1. The third kappa shape index (κ3) is 4.49. The third-order valence-corrected chi connectivity index (χ3v) is 8.09. The summed E-state index contributed by atoms with van der Waals surface area (Å²) in [5, 5.41) is 18.1. The van der Waals surface area contributed by atoms with Crippen LogP contribution in [0.15, 0.2) is 18.2 Å². The Morgan fingerprint density at radius 2 is 1.57 bits per heavy atom. The minimum absolute atomic E-state index is 0.0134. The topological polar surface area (TPSA) is 49.7 Å². The van der Waals surface area contributed by atoms with Crippen LogP contribution in [0.2, 0.25) is 18.1 Å². The minimum atomic E-state index is -4.57. The lowest BCUT2D eigenvalue weighted by molar-refractivity contribution is -0.137. The van der Waals surface area contributed by atoms with Gasteiger partial charge in [-0.25, -0.2) is 0 Å². The first-order valence-electron chi connectivity index (χ1n) is 6.51. The molecular formula is C13H20BF3O3Si. The summed E-state index contributed by atoms with van der Waals surface area (Å²) in [4.78, 5) is 0. The van der Waals surface area contributed by atoms with E-state index < -0.39 is 27.2 Å². The van der Waals surface area contributed by atoms with Crippen molar-refractivity contribution in [1.82, 2.24) is 0 Å². The number of halogens is 3. The molecule has 0 radical (unpaired) electrons. The fourth-order valence-electron chi connectivity index (χ4n) is 1.44. The van der Waals surface area contributed by atoms with Crippen LogP contribution >= 0.6 is 0 Å². The van der Waals surface area contributed by atoms with Crippen LogP contribution in [0, 0.1) is 0 Å². The molecule has 0 unspecified atom stereocenters. The molecule has 3 nitrogen and oxygen atoms in total. The van der Waals surface area contributed by atoms with E-state index in [0.717, 1.165) is 6.07 Å². The summed E-state index contributed by atoms with van der Waals surface area (Å²) in [7, 11) is -4.29. The van der Waals surface area contributed by atoms with Crippen LogP contribution in [0.25, 0.3) is 0 Å². The SMILES string of the molecule is CC(C)(C)[Si](C)(C)Oc1cc(B(O)O)cc(C(F)(F)F)c1. The maximum Gasteiger partial charge on any atom is 0.488 e. The van der Waals surface area contributed by atoms with Gasteiger partial charge in [-0.05, 0) is 41.8 Å². The Bertz CT molecular complexity index is 510. The average Bonchev–Trinajstić information content (AvgIpc) is 2.24. The normalized spacial score (nSPS) is 13.2. The molecule has 1 aromatic carbocycles. The van der Waals surface area contributed by atoms with Crippen LogP contribution in [0.5, 0.6) is 5.75 Å². The highest BCUT2D eigenvalue weighted by Gasteiger charge is 2.40. The van der Waals surface area contributed by atoms with Gasteiger partial charge in [-0.1, -0.05) is 20.8 Å². The van der Waals surface area contributed by atoms with Gasteiger partial charge < -0.3 is 14.5 Å². The van der Waals surface area contributed by atoms with Crippen molar-refractivity contribution >= 4 is 20.9 Å². The highest BCUT2D eigenvalue weighted by Crippen LogP contribution is 2.38. The largest absolute Gasteiger partial charge is 0.544 e. The molecule has 0 spiro atoms. The van der Waals surface area contributed by atoms with Gasteiger partial charge in [-0.2, -0.15) is 13.2 Å². The Morgan fingerprint density at radius 3 is 1.95 bits per heavy atom. The fraction of sp³-hybridized carbons (Fsp3) is 0.538. The van der Waals surface area contributed by atoms with Gasteiger partial charge in [0.25, 0.3) is 0 Å². The van der Waals surface area contributed by atoms with E-state index in [9.17, 15) is 13.2 Å². The lowest BCUT2D eigenvalue weighted by Crippen LogP contribution is -2.44. The Balaban J connectivity index is 3.28. The summed E-state index contributed by atoms with van der Waals surface area (Å²) in [6, 6.07) is 2.84. The summed E-state index contributed by atoms with van der Waals surface area (Å²) >= 11 is 0. The van der Waals surface area contributed by atoms with Gasteiger partial charge >= 0.3 is 13.3 Å². The van der Waals surface area contributed by atoms with Gasteiger partial charge in [0.1, 0.15) is 5.75 Å². The number of rotatable bonds is 3. The predicted octanol–water partition coefficient (Wildman–Crippen LogP) is 2.77. The zero-order valence-electron chi connectivity index (χ0n) is 12.7. The highest BCUT2D eigenvalue weighted by atomic mass is 28.4. The van der Waals surface area contributed by atoms with Gasteiger partial charge in [0, 0.05) is 0 Å². The molecule has 8 heteroatoms. The van der Waals surface area contributed by atoms with E-state index >= 15 is 0 Å². The predicted molar refractivity (Wildman–Crippen MR) is 79.1 cm³/mol. The molecule has 0 aliphatic rings. The summed E-state index contributed by atoms with van der Waals surface area (Å²) in [5.74, 6) is 0.0134. The van der Waals surface area contributed by atoms with Crippen molar-refractivity contribution in [3.05, 3.63) is 23.8 Å². The van der Waals surface area contributed by atoms with Gasteiger partial charge in [0.2, 0.25) is 8.32 Å². The molecular weight excluding hydrogens is 300 g/mol. The molecule has 0 atom stereocenters. The number of alkyl halides is 3. The first-order chi connectivity index (χ1) is 9.24. The Hall–Kier alpha value is -0.988. The zero-order chi connectivity index (χ0) is 16.6. The van der Waals surface area contributed by atoms with E-state index in [1.807, 2.05) is 33.9 Å². The van der Waals surface area contributed by atoms with Crippen molar-refractivity contribution in [3.8, 4) is 5.75 Å². The second-order valence-electron chi connectivity index (χ2n) is 6.52. The minimum Gasteiger partial charge on any atom is -0.544 e. The van der Waals surface area contributed by atoms with E-state index in [0.29, 0.717) is 6.07 Å². The van der Waals surface area contributed by atoms with E-state index in [1.165, 1.54) is 6.07 Å². The molecule has 0 aliphatic heterocycles.